The zero-order chi connectivity index (χ0) is 18.0. The average Bonchev–Trinajstić information content (AvgIpc) is 2.61. The van der Waals surface area contributed by atoms with Crippen LogP contribution in [0.1, 0.15) is 29.4 Å². The molecule has 0 bridgehead atoms. The van der Waals surface area contributed by atoms with Crippen molar-refractivity contribution in [2.24, 2.45) is 0 Å². The van der Waals surface area contributed by atoms with Crippen LogP contribution < -0.4 is 0 Å². The second-order valence-electron chi connectivity index (χ2n) is 5.74. The molecule has 0 aliphatic carbocycles. The molecule has 0 spiro atoms. The number of nitro benzene ring substituents is 2. The number of hydrogen-bond donors (Lipinski definition) is 0. The monoisotopic (exact) mass is 342 g/mol. The number of hydrogen-bond acceptors (Lipinski definition) is 6. The van der Waals surface area contributed by atoms with Crippen molar-refractivity contribution >= 4 is 17.3 Å². The van der Waals surface area contributed by atoms with Crippen molar-refractivity contribution in [3.63, 3.8) is 0 Å². The van der Waals surface area contributed by atoms with Crippen LogP contribution in [0.4, 0.5) is 11.4 Å². The van der Waals surface area contributed by atoms with Gasteiger partial charge in [0.1, 0.15) is 0 Å². The van der Waals surface area contributed by atoms with E-state index in [1.165, 1.54) is 24.3 Å². The Morgan fingerprint density at radius 3 is 1.80 bits per heavy atom. The molecule has 1 fully saturated rings. The third-order valence-electron chi connectivity index (χ3n) is 4.32. The highest BCUT2D eigenvalue weighted by Crippen LogP contribution is 2.40. The first-order valence-electron chi connectivity index (χ1n) is 7.62. The molecule has 1 saturated heterocycles. The third-order valence-corrected chi connectivity index (χ3v) is 4.32. The van der Waals surface area contributed by atoms with E-state index in [-0.39, 0.29) is 23.9 Å². The van der Waals surface area contributed by atoms with E-state index in [2.05, 4.69) is 0 Å². The number of benzene rings is 2. The van der Waals surface area contributed by atoms with Crippen molar-refractivity contribution in [3.8, 4) is 0 Å². The Balaban J connectivity index is 1.94. The summed E-state index contributed by atoms with van der Waals surface area (Å²) in [7, 11) is 0. The van der Waals surface area contributed by atoms with Gasteiger partial charge >= 0.3 is 5.97 Å². The van der Waals surface area contributed by atoms with Crippen LogP contribution in [0.2, 0.25) is 0 Å². The van der Waals surface area contributed by atoms with Gasteiger partial charge < -0.3 is 4.74 Å². The van der Waals surface area contributed by atoms with Gasteiger partial charge in [0.2, 0.25) is 0 Å². The van der Waals surface area contributed by atoms with E-state index in [0.29, 0.717) is 12.0 Å². The SMILES string of the molecule is O=C1OCC[C@H](c2ccc([N+](=O)[O-])cc2)[C@H]1c1ccc([N+](=O)[O-])cc1. The standard InChI is InChI=1S/C17H14N2O6/c20-17-16(12-3-7-14(8-4-12)19(23)24)15(9-10-25-17)11-1-5-13(6-2-11)18(21)22/h1-8,15-16H,9-10H2/t15-,16-/m1/s1. The molecule has 0 radical (unpaired) electrons. The largest absolute Gasteiger partial charge is 0.465 e. The molecule has 0 aromatic heterocycles. The van der Waals surface area contributed by atoms with Gasteiger partial charge in [-0.3, -0.25) is 25.0 Å². The number of nitrogens with zero attached hydrogens (tertiary/aromatic N) is 2. The van der Waals surface area contributed by atoms with Gasteiger partial charge in [0.05, 0.1) is 22.4 Å². The molecule has 0 unspecified atom stereocenters. The van der Waals surface area contributed by atoms with Gasteiger partial charge in [-0.05, 0) is 17.5 Å². The lowest BCUT2D eigenvalue weighted by atomic mass is 9.78. The fourth-order valence-corrected chi connectivity index (χ4v) is 3.08. The van der Waals surface area contributed by atoms with Crippen LogP contribution in [0.15, 0.2) is 48.5 Å². The van der Waals surface area contributed by atoms with Crippen LogP contribution in [0.5, 0.6) is 0 Å². The maximum absolute atomic E-state index is 12.3. The van der Waals surface area contributed by atoms with Crippen LogP contribution in [0.25, 0.3) is 0 Å². The summed E-state index contributed by atoms with van der Waals surface area (Å²) in [5, 5.41) is 21.6. The summed E-state index contributed by atoms with van der Waals surface area (Å²) in [6, 6.07) is 11.9. The number of nitro groups is 2. The van der Waals surface area contributed by atoms with Crippen LogP contribution in [0, 0.1) is 20.2 Å². The number of ether oxygens (including phenoxy) is 1. The van der Waals surface area contributed by atoms with E-state index in [9.17, 15) is 25.0 Å². The predicted octanol–water partition coefficient (Wildman–Crippen LogP) is 3.32. The van der Waals surface area contributed by atoms with E-state index in [4.69, 9.17) is 4.74 Å². The molecule has 8 nitrogen and oxygen atoms in total. The molecular formula is C17H14N2O6. The van der Waals surface area contributed by atoms with Crippen LogP contribution in [0.3, 0.4) is 0 Å². The predicted molar refractivity (Wildman–Crippen MR) is 87.3 cm³/mol. The van der Waals surface area contributed by atoms with Crippen LogP contribution in [-0.4, -0.2) is 22.4 Å². The molecule has 25 heavy (non-hydrogen) atoms. The Morgan fingerprint density at radius 1 is 0.840 bits per heavy atom. The molecule has 1 aliphatic heterocycles. The van der Waals surface area contributed by atoms with Gasteiger partial charge in [0.25, 0.3) is 11.4 Å². The van der Waals surface area contributed by atoms with E-state index in [1.54, 1.807) is 24.3 Å². The van der Waals surface area contributed by atoms with Gasteiger partial charge in [-0.25, -0.2) is 0 Å². The Kier molecular flexibility index (Phi) is 4.42. The minimum Gasteiger partial charge on any atom is -0.465 e. The minimum absolute atomic E-state index is 0.0194. The van der Waals surface area contributed by atoms with Crippen molar-refractivity contribution in [1.82, 2.24) is 0 Å². The molecule has 8 heteroatoms. The number of non-ortho nitro benzene ring substituents is 2. The van der Waals surface area contributed by atoms with E-state index >= 15 is 0 Å². The van der Waals surface area contributed by atoms with E-state index in [1.807, 2.05) is 0 Å². The summed E-state index contributed by atoms with van der Waals surface area (Å²) in [5.74, 6) is -1.21. The highest BCUT2D eigenvalue weighted by atomic mass is 16.6. The lowest BCUT2D eigenvalue weighted by molar-refractivity contribution is -0.385. The fourth-order valence-electron chi connectivity index (χ4n) is 3.08. The summed E-state index contributed by atoms with van der Waals surface area (Å²) in [4.78, 5) is 32.9. The first-order chi connectivity index (χ1) is 12.0. The smallest absolute Gasteiger partial charge is 0.314 e. The number of carbonyl (C=O) groups excluding carboxylic acids is 1. The molecule has 2 atom stereocenters. The zero-order valence-corrected chi connectivity index (χ0v) is 13.0. The number of carbonyl (C=O) groups is 1. The quantitative estimate of drug-likeness (QED) is 0.478. The molecule has 2 aromatic rings. The van der Waals surface area contributed by atoms with Crippen molar-refractivity contribution in [3.05, 3.63) is 79.9 Å². The van der Waals surface area contributed by atoms with Gasteiger partial charge in [0, 0.05) is 30.2 Å². The third kappa shape index (κ3) is 3.32. The summed E-state index contributed by atoms with van der Waals surface area (Å²) in [6.45, 7) is 0.268. The Hall–Kier alpha value is -3.29. The van der Waals surface area contributed by atoms with Crippen LogP contribution in [-0.2, 0) is 9.53 Å². The first-order valence-corrected chi connectivity index (χ1v) is 7.62. The molecule has 1 aliphatic rings. The van der Waals surface area contributed by atoms with Gasteiger partial charge in [0.15, 0.2) is 0 Å². The van der Waals surface area contributed by atoms with Gasteiger partial charge in [-0.1, -0.05) is 24.3 Å². The first kappa shape index (κ1) is 16.6. The maximum atomic E-state index is 12.3. The highest BCUT2D eigenvalue weighted by Gasteiger charge is 2.36. The summed E-state index contributed by atoms with van der Waals surface area (Å²) in [5.41, 5.74) is 1.35. The zero-order valence-electron chi connectivity index (χ0n) is 13.0. The van der Waals surface area contributed by atoms with Crippen molar-refractivity contribution in [1.29, 1.82) is 0 Å². The summed E-state index contributed by atoms with van der Waals surface area (Å²) in [6.07, 6.45) is 0.575. The second kappa shape index (κ2) is 6.68. The second-order valence-corrected chi connectivity index (χ2v) is 5.74. The number of esters is 1. The molecule has 2 aromatic carbocycles. The lowest BCUT2D eigenvalue weighted by Crippen LogP contribution is -2.29. The van der Waals surface area contributed by atoms with Crippen molar-refractivity contribution in [2.45, 2.75) is 18.3 Å². The lowest BCUT2D eigenvalue weighted by Gasteiger charge is -2.30. The van der Waals surface area contributed by atoms with Crippen LogP contribution >= 0.6 is 0 Å². The summed E-state index contributed by atoms with van der Waals surface area (Å²) >= 11 is 0. The molecule has 128 valence electrons. The Bertz CT molecular complexity index is 816. The normalized spacial score (nSPS) is 19.9. The van der Waals surface area contributed by atoms with Gasteiger partial charge in [-0.2, -0.15) is 0 Å². The molecule has 0 N–H and O–H groups in total. The van der Waals surface area contributed by atoms with E-state index in [0.717, 1.165) is 5.56 Å². The average molecular weight is 342 g/mol. The maximum Gasteiger partial charge on any atom is 0.314 e. The Labute approximate surface area is 142 Å². The molecule has 1 heterocycles. The molecular weight excluding hydrogens is 328 g/mol. The Morgan fingerprint density at radius 2 is 1.32 bits per heavy atom. The fraction of sp³-hybridized carbons (Fsp3) is 0.235. The number of rotatable bonds is 4. The molecule has 0 amide bonds. The highest BCUT2D eigenvalue weighted by molar-refractivity contribution is 5.80. The number of cyclic esters (lactones) is 1. The summed E-state index contributed by atoms with van der Waals surface area (Å²) < 4.78 is 5.16. The topological polar surface area (TPSA) is 113 Å². The molecule has 3 rings (SSSR count). The van der Waals surface area contributed by atoms with Gasteiger partial charge in [-0.15, -0.1) is 0 Å². The van der Waals surface area contributed by atoms with Crippen molar-refractivity contribution in [2.75, 3.05) is 6.61 Å². The van der Waals surface area contributed by atoms with E-state index < -0.39 is 21.7 Å². The minimum atomic E-state index is -0.601. The molecule has 0 saturated carbocycles. The van der Waals surface area contributed by atoms with Crippen molar-refractivity contribution < 1.29 is 19.4 Å².